The maximum absolute atomic E-state index is 12.6. The van der Waals surface area contributed by atoms with Gasteiger partial charge in [-0.3, -0.25) is 4.31 Å². The number of nitrogens with two attached hydrogens (primary N) is 1. The molecule has 2 aromatic rings. The van der Waals surface area contributed by atoms with Crippen molar-refractivity contribution < 1.29 is 8.42 Å². The van der Waals surface area contributed by atoms with Gasteiger partial charge < -0.3 is 5.73 Å². The Labute approximate surface area is 134 Å². The van der Waals surface area contributed by atoms with Crippen molar-refractivity contribution in [2.24, 2.45) is 0 Å². The lowest BCUT2D eigenvalue weighted by Crippen LogP contribution is -2.27. The minimum Gasteiger partial charge on any atom is -0.396 e. The lowest BCUT2D eigenvalue weighted by Gasteiger charge is -2.21. The molecule has 0 aromatic heterocycles. The number of nitrogens with zero attached hydrogens (tertiary/aromatic N) is 1. The van der Waals surface area contributed by atoms with Crippen LogP contribution in [-0.4, -0.2) is 15.5 Å². The highest BCUT2D eigenvalue weighted by molar-refractivity contribution is 7.93. The van der Waals surface area contributed by atoms with Crippen LogP contribution in [0, 0.1) is 6.92 Å². The zero-order chi connectivity index (χ0) is 15.8. The molecule has 0 radical (unpaired) electrons. The van der Waals surface area contributed by atoms with E-state index < -0.39 is 10.0 Å². The number of anilines is 2. The van der Waals surface area contributed by atoms with Gasteiger partial charge in [-0.15, -0.1) is 0 Å². The van der Waals surface area contributed by atoms with E-state index in [1.165, 1.54) is 19.2 Å². The highest BCUT2D eigenvalue weighted by Gasteiger charge is 2.25. The first-order chi connectivity index (χ1) is 9.75. The Balaban J connectivity index is 2.52. The van der Waals surface area contributed by atoms with Gasteiger partial charge in [-0.1, -0.05) is 40.9 Å². The average Bonchev–Trinajstić information content (AvgIpc) is 2.44. The van der Waals surface area contributed by atoms with Gasteiger partial charge in [0.15, 0.2) is 0 Å². The number of rotatable bonds is 3. The Hall–Kier alpha value is -1.43. The van der Waals surface area contributed by atoms with E-state index in [1.54, 1.807) is 12.1 Å². The zero-order valence-corrected chi connectivity index (χ0v) is 13.8. The monoisotopic (exact) mass is 344 g/mol. The predicted molar refractivity (Wildman–Crippen MR) is 87.6 cm³/mol. The van der Waals surface area contributed by atoms with E-state index in [9.17, 15) is 8.42 Å². The summed E-state index contributed by atoms with van der Waals surface area (Å²) < 4.78 is 26.4. The maximum atomic E-state index is 12.6. The maximum Gasteiger partial charge on any atom is 0.265 e. The van der Waals surface area contributed by atoms with Gasteiger partial charge in [0.05, 0.1) is 21.4 Å². The van der Waals surface area contributed by atoms with Crippen molar-refractivity contribution in [2.75, 3.05) is 17.1 Å². The summed E-state index contributed by atoms with van der Waals surface area (Å²) in [6.07, 6.45) is 0. The summed E-state index contributed by atoms with van der Waals surface area (Å²) in [6, 6.07) is 9.87. The molecular formula is C14H14Cl2N2O2S. The van der Waals surface area contributed by atoms with Crippen molar-refractivity contribution in [1.29, 1.82) is 0 Å². The van der Waals surface area contributed by atoms with Gasteiger partial charge in [-0.05, 0) is 31.2 Å². The minimum atomic E-state index is -3.81. The smallest absolute Gasteiger partial charge is 0.265 e. The first kappa shape index (κ1) is 15.9. The molecule has 0 aliphatic rings. The predicted octanol–water partition coefficient (Wildman–Crippen LogP) is 3.71. The SMILES string of the molecule is Cc1ccc(N(C)S(=O)(=O)c2ccc(Cl)c(N)c2Cl)cc1. The molecule has 0 bridgehead atoms. The van der Waals surface area contributed by atoms with E-state index in [1.807, 2.05) is 19.1 Å². The van der Waals surface area contributed by atoms with Crippen LogP contribution in [0.5, 0.6) is 0 Å². The Kier molecular flexibility index (Phi) is 4.37. The first-order valence-corrected chi connectivity index (χ1v) is 8.24. The second kappa shape index (κ2) is 5.75. The summed E-state index contributed by atoms with van der Waals surface area (Å²) in [6.45, 7) is 1.93. The molecule has 0 fully saturated rings. The fourth-order valence-corrected chi connectivity index (χ4v) is 3.72. The molecule has 21 heavy (non-hydrogen) atoms. The Morgan fingerprint density at radius 1 is 1.05 bits per heavy atom. The summed E-state index contributed by atoms with van der Waals surface area (Å²) in [5.41, 5.74) is 7.32. The van der Waals surface area contributed by atoms with Crippen LogP contribution in [0.4, 0.5) is 11.4 Å². The summed E-state index contributed by atoms with van der Waals surface area (Å²) in [5.74, 6) is 0. The number of halogens is 2. The molecule has 112 valence electrons. The van der Waals surface area contributed by atoms with Crippen LogP contribution < -0.4 is 10.0 Å². The van der Waals surface area contributed by atoms with E-state index in [-0.39, 0.29) is 20.6 Å². The summed E-state index contributed by atoms with van der Waals surface area (Å²) >= 11 is 11.9. The van der Waals surface area contributed by atoms with Crippen LogP contribution in [0.1, 0.15) is 5.56 Å². The van der Waals surface area contributed by atoms with Crippen LogP contribution in [0.15, 0.2) is 41.3 Å². The number of benzene rings is 2. The summed E-state index contributed by atoms with van der Waals surface area (Å²) in [7, 11) is -2.35. The Morgan fingerprint density at radius 3 is 2.19 bits per heavy atom. The van der Waals surface area contributed by atoms with Gasteiger partial charge >= 0.3 is 0 Å². The quantitative estimate of drug-likeness (QED) is 0.863. The molecule has 0 heterocycles. The third-order valence-electron chi connectivity index (χ3n) is 3.13. The fraction of sp³-hybridized carbons (Fsp3) is 0.143. The van der Waals surface area contributed by atoms with Crippen LogP contribution in [0.3, 0.4) is 0 Å². The van der Waals surface area contributed by atoms with Crippen molar-refractivity contribution in [3.05, 3.63) is 52.0 Å². The van der Waals surface area contributed by atoms with E-state index in [2.05, 4.69) is 0 Å². The molecule has 0 amide bonds. The molecule has 0 spiro atoms. The molecule has 2 aromatic carbocycles. The van der Waals surface area contributed by atoms with Crippen molar-refractivity contribution in [2.45, 2.75) is 11.8 Å². The number of aryl methyl sites for hydroxylation is 1. The molecule has 2 rings (SSSR count). The van der Waals surface area contributed by atoms with Gasteiger partial charge in [-0.25, -0.2) is 8.42 Å². The molecule has 7 heteroatoms. The molecule has 4 nitrogen and oxygen atoms in total. The second-order valence-electron chi connectivity index (χ2n) is 4.58. The zero-order valence-electron chi connectivity index (χ0n) is 11.5. The first-order valence-electron chi connectivity index (χ1n) is 6.04. The number of sulfonamides is 1. The van der Waals surface area contributed by atoms with Crippen molar-refractivity contribution in [3.63, 3.8) is 0 Å². The lowest BCUT2D eigenvalue weighted by molar-refractivity contribution is 0.594. The number of hydrogen-bond donors (Lipinski definition) is 1. The van der Waals surface area contributed by atoms with Crippen molar-refractivity contribution in [1.82, 2.24) is 0 Å². The topological polar surface area (TPSA) is 63.4 Å². The van der Waals surface area contributed by atoms with Crippen LogP contribution in [-0.2, 0) is 10.0 Å². The molecule has 0 atom stereocenters. The van der Waals surface area contributed by atoms with Crippen molar-refractivity contribution >= 4 is 44.6 Å². The standard InChI is InChI=1S/C14H14Cl2N2O2S/c1-9-3-5-10(6-4-9)18(2)21(19,20)12-8-7-11(15)14(17)13(12)16/h3-8H,17H2,1-2H3. The molecule has 0 aliphatic carbocycles. The van der Waals surface area contributed by atoms with E-state index >= 15 is 0 Å². The van der Waals surface area contributed by atoms with Gasteiger partial charge in [0.25, 0.3) is 10.0 Å². The highest BCUT2D eigenvalue weighted by Crippen LogP contribution is 2.35. The van der Waals surface area contributed by atoms with E-state index in [0.717, 1.165) is 9.87 Å². The molecular weight excluding hydrogens is 331 g/mol. The summed E-state index contributed by atoms with van der Waals surface area (Å²) in [5, 5.41) is 0.151. The molecule has 0 aliphatic heterocycles. The van der Waals surface area contributed by atoms with Crippen molar-refractivity contribution in [3.8, 4) is 0 Å². The summed E-state index contributed by atoms with van der Waals surface area (Å²) in [4.78, 5) is -0.0749. The fourth-order valence-electron chi connectivity index (χ4n) is 1.79. The molecule has 0 saturated carbocycles. The molecule has 2 N–H and O–H groups in total. The average molecular weight is 345 g/mol. The third-order valence-corrected chi connectivity index (χ3v) is 5.80. The number of nitrogen functional groups attached to an aromatic ring is 1. The molecule has 0 saturated heterocycles. The second-order valence-corrected chi connectivity index (χ2v) is 7.30. The largest absolute Gasteiger partial charge is 0.396 e. The lowest BCUT2D eigenvalue weighted by atomic mass is 10.2. The van der Waals surface area contributed by atoms with Gasteiger partial charge in [-0.2, -0.15) is 0 Å². The van der Waals surface area contributed by atoms with Gasteiger partial charge in [0.2, 0.25) is 0 Å². The third kappa shape index (κ3) is 2.95. The van der Waals surface area contributed by atoms with Crippen LogP contribution >= 0.6 is 23.2 Å². The van der Waals surface area contributed by atoms with Crippen LogP contribution in [0.2, 0.25) is 10.0 Å². The van der Waals surface area contributed by atoms with E-state index in [4.69, 9.17) is 28.9 Å². The highest BCUT2D eigenvalue weighted by atomic mass is 35.5. The number of hydrogen-bond acceptors (Lipinski definition) is 3. The van der Waals surface area contributed by atoms with Gasteiger partial charge in [0.1, 0.15) is 4.90 Å². The van der Waals surface area contributed by atoms with Crippen LogP contribution in [0.25, 0.3) is 0 Å². The Morgan fingerprint density at radius 2 is 1.62 bits per heavy atom. The molecule has 0 unspecified atom stereocenters. The minimum absolute atomic E-state index is 0.0525. The van der Waals surface area contributed by atoms with Gasteiger partial charge in [0, 0.05) is 7.05 Å². The normalized spacial score (nSPS) is 11.4. The Bertz CT molecular complexity index is 774. The van der Waals surface area contributed by atoms with E-state index in [0.29, 0.717) is 5.69 Å².